The van der Waals surface area contributed by atoms with Crippen molar-refractivity contribution < 1.29 is 9.59 Å². The van der Waals surface area contributed by atoms with Crippen molar-refractivity contribution in [3.8, 4) is 0 Å². The molecule has 2 N–H and O–H groups in total. The van der Waals surface area contributed by atoms with E-state index in [0.29, 0.717) is 11.3 Å². The summed E-state index contributed by atoms with van der Waals surface area (Å²) in [5, 5.41) is 5.57. The van der Waals surface area contributed by atoms with Gasteiger partial charge < -0.3 is 10.6 Å². The molecule has 1 rings (SSSR count). The number of benzene rings is 1. The van der Waals surface area contributed by atoms with E-state index < -0.39 is 0 Å². The van der Waals surface area contributed by atoms with Crippen LogP contribution in [0.25, 0.3) is 0 Å². The first-order chi connectivity index (χ1) is 7.27. The van der Waals surface area contributed by atoms with Gasteiger partial charge in [0, 0.05) is 5.56 Å². The molecule has 0 saturated heterocycles. The molecular formula is C10H13BN2O2. The summed E-state index contributed by atoms with van der Waals surface area (Å²) in [6.07, 6.45) is 1.46. The van der Waals surface area contributed by atoms with Crippen molar-refractivity contribution in [3.63, 3.8) is 0 Å². The van der Waals surface area contributed by atoms with Crippen LogP contribution in [0.3, 0.4) is 0 Å². The van der Waals surface area contributed by atoms with Crippen LogP contribution in [0.2, 0.25) is 0 Å². The van der Waals surface area contributed by atoms with Crippen molar-refractivity contribution in [1.82, 2.24) is 5.32 Å². The Morgan fingerprint density at radius 1 is 1.40 bits per heavy atom. The zero-order valence-electron chi connectivity index (χ0n) is 8.62. The van der Waals surface area contributed by atoms with Crippen LogP contribution in [0.1, 0.15) is 10.4 Å². The Balaban J connectivity index is 2.63. The number of carbonyl (C=O) groups excluding carboxylic acids is 2. The van der Waals surface area contributed by atoms with E-state index in [0.717, 1.165) is 12.7 Å². The van der Waals surface area contributed by atoms with Crippen LogP contribution in [-0.2, 0) is 4.79 Å². The molecule has 0 aromatic heterocycles. The zero-order valence-corrected chi connectivity index (χ0v) is 8.62. The van der Waals surface area contributed by atoms with E-state index >= 15 is 0 Å². The van der Waals surface area contributed by atoms with Gasteiger partial charge in [-0.2, -0.15) is 0 Å². The first-order valence-corrected chi connectivity index (χ1v) is 4.82. The normalized spacial score (nSPS) is 9.60. The van der Waals surface area contributed by atoms with E-state index in [9.17, 15) is 9.59 Å². The van der Waals surface area contributed by atoms with Gasteiger partial charge in [-0.25, -0.2) is 0 Å². The van der Waals surface area contributed by atoms with Gasteiger partial charge in [0.25, 0.3) is 0 Å². The van der Waals surface area contributed by atoms with Gasteiger partial charge in [-0.3, -0.25) is 9.59 Å². The van der Waals surface area contributed by atoms with E-state index in [1.165, 1.54) is 0 Å². The molecule has 5 heteroatoms. The number of hydrogen-bond donors (Lipinski definition) is 2. The molecule has 1 aromatic rings. The van der Waals surface area contributed by atoms with Crippen molar-refractivity contribution in [3.05, 3.63) is 29.8 Å². The number of hydrogen-bond acceptors (Lipinski definition) is 3. The summed E-state index contributed by atoms with van der Waals surface area (Å²) in [6, 6.07) is 6.89. The Labute approximate surface area is 89.5 Å². The van der Waals surface area contributed by atoms with Crippen molar-refractivity contribution >= 4 is 25.7 Å². The Morgan fingerprint density at radius 3 is 2.80 bits per heavy atom. The molecule has 0 aliphatic rings. The van der Waals surface area contributed by atoms with Crippen LogP contribution in [0.15, 0.2) is 24.3 Å². The second kappa shape index (κ2) is 5.98. The third-order valence-electron chi connectivity index (χ3n) is 1.90. The lowest BCUT2D eigenvalue weighted by Gasteiger charge is -2.07. The monoisotopic (exact) mass is 204 g/mol. The lowest BCUT2D eigenvalue weighted by Crippen LogP contribution is -2.29. The van der Waals surface area contributed by atoms with Crippen molar-refractivity contribution in [2.75, 3.05) is 18.3 Å². The standard InChI is InChI=1S/C10H13BN2O2/c11-7-12-5-10(15)13-9-4-2-1-3-8(9)6-14/h1-4,6,12H,5,7,11H2,(H,13,15). The fourth-order valence-corrected chi connectivity index (χ4v) is 1.15. The number of amides is 1. The Kier molecular flexibility index (Phi) is 4.57. The van der Waals surface area contributed by atoms with E-state index in [1.807, 2.05) is 7.85 Å². The molecule has 0 aliphatic carbocycles. The summed E-state index contributed by atoms with van der Waals surface area (Å²) in [5.74, 6) is -0.147. The summed E-state index contributed by atoms with van der Waals surface area (Å²) >= 11 is 0. The van der Waals surface area contributed by atoms with E-state index in [4.69, 9.17) is 0 Å². The molecule has 0 atom stereocenters. The minimum absolute atomic E-state index is 0.147. The fourth-order valence-electron chi connectivity index (χ4n) is 1.15. The van der Waals surface area contributed by atoms with Gasteiger partial charge in [-0.15, -0.1) is 0 Å². The summed E-state index contributed by atoms with van der Waals surface area (Å²) in [6.45, 7) is 0.254. The topological polar surface area (TPSA) is 58.2 Å². The maximum atomic E-state index is 11.3. The number of nitrogens with one attached hydrogen (secondary N) is 2. The molecule has 0 heterocycles. The highest BCUT2D eigenvalue weighted by atomic mass is 16.2. The molecule has 1 aromatic carbocycles. The summed E-state index contributed by atoms with van der Waals surface area (Å²) in [7, 11) is 1.92. The van der Waals surface area contributed by atoms with Gasteiger partial charge >= 0.3 is 0 Å². The third-order valence-corrected chi connectivity index (χ3v) is 1.90. The van der Waals surface area contributed by atoms with Crippen LogP contribution in [-0.4, -0.2) is 33.0 Å². The average Bonchev–Trinajstić information content (AvgIpc) is 2.27. The fraction of sp³-hybridized carbons (Fsp3) is 0.200. The molecule has 0 fully saturated rings. The first kappa shape index (κ1) is 11.5. The molecule has 0 unspecified atom stereocenters. The molecule has 78 valence electrons. The van der Waals surface area contributed by atoms with Crippen LogP contribution in [0.4, 0.5) is 5.69 Å². The van der Waals surface area contributed by atoms with Gasteiger partial charge in [0.1, 0.15) is 7.85 Å². The SMILES string of the molecule is BCNCC(=O)Nc1ccccc1C=O. The number of rotatable bonds is 5. The lowest BCUT2D eigenvalue weighted by atomic mass is 10.1. The van der Waals surface area contributed by atoms with Crippen molar-refractivity contribution in [2.24, 2.45) is 0 Å². The van der Waals surface area contributed by atoms with Crippen LogP contribution >= 0.6 is 0 Å². The molecule has 0 bridgehead atoms. The van der Waals surface area contributed by atoms with Crippen molar-refractivity contribution in [1.29, 1.82) is 0 Å². The minimum Gasteiger partial charge on any atom is -0.324 e. The summed E-state index contributed by atoms with van der Waals surface area (Å²) in [5.41, 5.74) is 1.04. The molecular weight excluding hydrogens is 191 g/mol. The van der Waals surface area contributed by atoms with Crippen LogP contribution in [0.5, 0.6) is 0 Å². The zero-order chi connectivity index (χ0) is 11.1. The van der Waals surface area contributed by atoms with Gasteiger partial charge in [0.05, 0.1) is 12.2 Å². The second-order valence-corrected chi connectivity index (χ2v) is 3.03. The van der Waals surface area contributed by atoms with E-state index in [-0.39, 0.29) is 12.5 Å². The second-order valence-electron chi connectivity index (χ2n) is 3.03. The number of carbonyl (C=O) groups is 2. The van der Waals surface area contributed by atoms with E-state index in [2.05, 4.69) is 10.6 Å². The van der Waals surface area contributed by atoms with Crippen molar-refractivity contribution in [2.45, 2.75) is 0 Å². The number of anilines is 1. The van der Waals surface area contributed by atoms with Gasteiger partial charge in [-0.1, -0.05) is 12.1 Å². The smallest absolute Gasteiger partial charge is 0.238 e. The highest BCUT2D eigenvalue weighted by Crippen LogP contribution is 2.11. The predicted octanol–water partition coefficient (Wildman–Crippen LogP) is -0.382. The maximum Gasteiger partial charge on any atom is 0.238 e. The van der Waals surface area contributed by atoms with Gasteiger partial charge in [-0.05, 0) is 18.6 Å². The Bertz CT molecular complexity index is 355. The number of aldehydes is 1. The number of para-hydroxylation sites is 1. The molecule has 4 nitrogen and oxygen atoms in total. The first-order valence-electron chi connectivity index (χ1n) is 4.82. The van der Waals surface area contributed by atoms with Gasteiger partial charge in [0.2, 0.25) is 5.91 Å². The predicted molar refractivity (Wildman–Crippen MR) is 61.9 cm³/mol. The molecule has 0 spiro atoms. The summed E-state index contributed by atoms with van der Waals surface area (Å²) < 4.78 is 0. The Morgan fingerprint density at radius 2 is 2.13 bits per heavy atom. The Hall–Kier alpha value is -1.62. The van der Waals surface area contributed by atoms with Gasteiger partial charge in [0.15, 0.2) is 6.29 Å². The maximum absolute atomic E-state index is 11.3. The minimum atomic E-state index is -0.147. The average molecular weight is 204 g/mol. The van der Waals surface area contributed by atoms with E-state index in [1.54, 1.807) is 24.3 Å². The highest BCUT2D eigenvalue weighted by Gasteiger charge is 2.04. The molecule has 1 amide bonds. The molecule has 15 heavy (non-hydrogen) atoms. The molecule has 0 saturated carbocycles. The van der Waals surface area contributed by atoms with Crippen LogP contribution in [0, 0.1) is 0 Å². The lowest BCUT2D eigenvalue weighted by molar-refractivity contribution is -0.115. The summed E-state index contributed by atoms with van der Waals surface area (Å²) in [4.78, 5) is 22.0. The van der Waals surface area contributed by atoms with Crippen LogP contribution < -0.4 is 10.6 Å². The highest BCUT2D eigenvalue weighted by molar-refractivity contribution is 6.09. The molecule has 0 radical (unpaired) electrons. The largest absolute Gasteiger partial charge is 0.324 e. The molecule has 0 aliphatic heterocycles. The third kappa shape index (κ3) is 3.55. The quantitative estimate of drug-likeness (QED) is 0.507.